The molecule has 0 spiro atoms. The standard InChI is InChI=1S/C17H20ClFN4O/c1-23(2)15-6-4-11(8-14(15)19)10-21-17(20)22-12-5-7-16(24-3)13(18)9-12/h4-9H,10H2,1-3H3,(H3,20,21,22). The number of nitrogens with one attached hydrogen (secondary N) is 1. The highest BCUT2D eigenvalue weighted by atomic mass is 35.5. The zero-order valence-electron chi connectivity index (χ0n) is 13.8. The summed E-state index contributed by atoms with van der Waals surface area (Å²) in [5.41, 5.74) is 7.81. The summed E-state index contributed by atoms with van der Waals surface area (Å²) in [6.07, 6.45) is 0. The van der Waals surface area contributed by atoms with Gasteiger partial charge in [0, 0.05) is 19.8 Å². The third-order valence-corrected chi connectivity index (χ3v) is 3.65. The van der Waals surface area contributed by atoms with Gasteiger partial charge in [0.05, 0.1) is 24.4 Å². The maximum atomic E-state index is 13.9. The summed E-state index contributed by atoms with van der Waals surface area (Å²) in [5.74, 6) is 0.503. The van der Waals surface area contributed by atoms with Crippen molar-refractivity contribution in [1.82, 2.24) is 0 Å². The van der Waals surface area contributed by atoms with E-state index in [1.165, 1.54) is 6.07 Å². The van der Waals surface area contributed by atoms with Gasteiger partial charge in [-0.2, -0.15) is 0 Å². The fourth-order valence-corrected chi connectivity index (χ4v) is 2.38. The molecule has 5 nitrogen and oxygen atoms in total. The number of rotatable bonds is 5. The van der Waals surface area contributed by atoms with Gasteiger partial charge < -0.3 is 20.7 Å². The number of methoxy groups -OCH3 is 1. The van der Waals surface area contributed by atoms with Crippen LogP contribution >= 0.6 is 11.6 Å². The molecular weight excluding hydrogens is 331 g/mol. The van der Waals surface area contributed by atoms with Crippen LogP contribution in [0, 0.1) is 5.82 Å². The summed E-state index contributed by atoms with van der Waals surface area (Å²) in [5, 5.41) is 3.40. The number of anilines is 2. The normalized spacial score (nSPS) is 11.3. The van der Waals surface area contributed by atoms with E-state index >= 15 is 0 Å². The Hall–Kier alpha value is -2.47. The molecule has 0 radical (unpaired) electrons. The van der Waals surface area contributed by atoms with Gasteiger partial charge in [-0.05, 0) is 35.9 Å². The maximum absolute atomic E-state index is 13.9. The smallest absolute Gasteiger partial charge is 0.193 e. The number of hydrogen-bond acceptors (Lipinski definition) is 3. The Balaban J connectivity index is 2.04. The molecule has 0 aliphatic heterocycles. The van der Waals surface area contributed by atoms with Gasteiger partial charge in [0.15, 0.2) is 5.96 Å². The molecule has 24 heavy (non-hydrogen) atoms. The summed E-state index contributed by atoms with van der Waals surface area (Å²) < 4.78 is 19.0. The number of ether oxygens (including phenoxy) is 1. The first-order chi connectivity index (χ1) is 11.4. The lowest BCUT2D eigenvalue weighted by atomic mass is 10.2. The number of nitrogens with zero attached hydrogens (tertiary/aromatic N) is 2. The van der Waals surface area contributed by atoms with Gasteiger partial charge >= 0.3 is 0 Å². The van der Waals surface area contributed by atoms with Gasteiger partial charge in [0.2, 0.25) is 0 Å². The fourth-order valence-electron chi connectivity index (χ4n) is 2.12. The average Bonchev–Trinajstić information content (AvgIpc) is 2.53. The lowest BCUT2D eigenvalue weighted by Gasteiger charge is -2.13. The van der Waals surface area contributed by atoms with E-state index in [9.17, 15) is 4.39 Å². The molecule has 7 heteroatoms. The Morgan fingerprint density at radius 2 is 2.04 bits per heavy atom. The summed E-state index contributed by atoms with van der Waals surface area (Å²) in [4.78, 5) is 5.92. The van der Waals surface area contributed by atoms with Crippen LogP contribution in [0.25, 0.3) is 0 Å². The van der Waals surface area contributed by atoms with Crippen LogP contribution in [0.5, 0.6) is 5.75 Å². The SMILES string of the molecule is COc1ccc(NC(N)=NCc2ccc(N(C)C)c(F)c2)cc1Cl. The van der Waals surface area contributed by atoms with Crippen molar-refractivity contribution in [2.75, 3.05) is 31.4 Å². The van der Waals surface area contributed by atoms with E-state index in [4.69, 9.17) is 22.1 Å². The van der Waals surface area contributed by atoms with Crippen LogP contribution < -0.4 is 20.7 Å². The largest absolute Gasteiger partial charge is 0.495 e. The molecule has 0 aliphatic rings. The van der Waals surface area contributed by atoms with Gasteiger partial charge in [-0.1, -0.05) is 17.7 Å². The van der Waals surface area contributed by atoms with Crippen molar-refractivity contribution < 1.29 is 9.13 Å². The Morgan fingerprint density at radius 1 is 1.29 bits per heavy atom. The zero-order chi connectivity index (χ0) is 17.7. The number of benzene rings is 2. The minimum Gasteiger partial charge on any atom is -0.495 e. The Bertz CT molecular complexity index is 749. The van der Waals surface area contributed by atoms with E-state index in [0.29, 0.717) is 22.1 Å². The van der Waals surface area contributed by atoms with Gasteiger partial charge in [0.25, 0.3) is 0 Å². The summed E-state index contributed by atoms with van der Waals surface area (Å²) in [6, 6.07) is 10.2. The minimum absolute atomic E-state index is 0.216. The summed E-state index contributed by atoms with van der Waals surface area (Å²) in [7, 11) is 5.13. The number of halogens is 2. The molecule has 0 aromatic heterocycles. The number of nitrogens with two attached hydrogens (primary N) is 1. The second-order valence-corrected chi connectivity index (χ2v) is 5.76. The zero-order valence-corrected chi connectivity index (χ0v) is 14.6. The van der Waals surface area contributed by atoms with Crippen LogP contribution in [0.2, 0.25) is 5.02 Å². The van der Waals surface area contributed by atoms with Crippen molar-refractivity contribution >= 4 is 28.9 Å². The van der Waals surface area contributed by atoms with Crippen molar-refractivity contribution in [2.45, 2.75) is 6.54 Å². The molecule has 0 unspecified atom stereocenters. The van der Waals surface area contributed by atoms with E-state index in [1.807, 2.05) is 6.07 Å². The van der Waals surface area contributed by atoms with Crippen LogP contribution in [0.1, 0.15) is 5.56 Å². The van der Waals surface area contributed by atoms with E-state index in [1.54, 1.807) is 50.4 Å². The molecule has 0 aliphatic carbocycles. The molecular formula is C17H20ClFN4O. The van der Waals surface area contributed by atoms with Crippen molar-refractivity contribution in [3.05, 3.63) is 52.8 Å². The molecule has 2 aromatic rings. The molecule has 3 N–H and O–H groups in total. The number of hydrogen-bond donors (Lipinski definition) is 2. The molecule has 0 saturated heterocycles. The second-order valence-electron chi connectivity index (χ2n) is 5.36. The van der Waals surface area contributed by atoms with Crippen LogP contribution in [-0.2, 0) is 6.54 Å². The highest BCUT2D eigenvalue weighted by molar-refractivity contribution is 6.32. The third kappa shape index (κ3) is 4.52. The lowest BCUT2D eigenvalue weighted by Crippen LogP contribution is -2.22. The summed E-state index contributed by atoms with van der Waals surface area (Å²) in [6.45, 7) is 0.271. The van der Waals surface area contributed by atoms with Crippen molar-refractivity contribution in [1.29, 1.82) is 0 Å². The molecule has 0 atom stereocenters. The van der Waals surface area contributed by atoms with Crippen LogP contribution in [0.4, 0.5) is 15.8 Å². The molecule has 0 heterocycles. The molecule has 0 amide bonds. The van der Waals surface area contributed by atoms with Gasteiger partial charge in [-0.3, -0.25) is 0 Å². The molecule has 2 rings (SSSR count). The minimum atomic E-state index is -0.291. The van der Waals surface area contributed by atoms with Crippen molar-refractivity contribution in [3.8, 4) is 5.75 Å². The Kier molecular flexibility index (Phi) is 5.87. The fraction of sp³-hybridized carbons (Fsp3) is 0.235. The van der Waals surface area contributed by atoms with Crippen LogP contribution in [0.15, 0.2) is 41.4 Å². The second kappa shape index (κ2) is 7.88. The molecule has 0 bridgehead atoms. The van der Waals surface area contributed by atoms with Crippen LogP contribution in [0.3, 0.4) is 0 Å². The van der Waals surface area contributed by atoms with E-state index < -0.39 is 0 Å². The monoisotopic (exact) mass is 350 g/mol. The predicted octanol–water partition coefficient (Wildman–Crippen LogP) is 3.48. The van der Waals surface area contributed by atoms with Crippen molar-refractivity contribution in [2.24, 2.45) is 10.7 Å². The highest BCUT2D eigenvalue weighted by Gasteiger charge is 2.06. The lowest BCUT2D eigenvalue weighted by molar-refractivity contribution is 0.415. The topological polar surface area (TPSA) is 62.9 Å². The third-order valence-electron chi connectivity index (χ3n) is 3.35. The van der Waals surface area contributed by atoms with Gasteiger partial charge in [-0.15, -0.1) is 0 Å². The molecule has 0 fully saturated rings. The average molecular weight is 351 g/mol. The van der Waals surface area contributed by atoms with Crippen LogP contribution in [-0.4, -0.2) is 27.2 Å². The molecule has 0 saturated carbocycles. The predicted molar refractivity (Wildman–Crippen MR) is 97.7 cm³/mol. The first-order valence-corrected chi connectivity index (χ1v) is 7.64. The molecule has 2 aromatic carbocycles. The first kappa shape index (κ1) is 17.9. The van der Waals surface area contributed by atoms with Crippen molar-refractivity contribution in [3.63, 3.8) is 0 Å². The Labute approximate surface area is 145 Å². The number of aliphatic imine (C=N–C) groups is 1. The maximum Gasteiger partial charge on any atom is 0.193 e. The van der Waals surface area contributed by atoms with Gasteiger partial charge in [0.1, 0.15) is 11.6 Å². The van der Waals surface area contributed by atoms with E-state index in [0.717, 1.165) is 5.56 Å². The Morgan fingerprint density at radius 3 is 2.62 bits per heavy atom. The quantitative estimate of drug-likeness (QED) is 0.640. The number of guanidine groups is 1. The summed E-state index contributed by atoms with van der Waals surface area (Å²) >= 11 is 6.05. The van der Waals surface area contributed by atoms with Gasteiger partial charge in [-0.25, -0.2) is 9.38 Å². The first-order valence-electron chi connectivity index (χ1n) is 7.27. The molecule has 128 valence electrons. The highest BCUT2D eigenvalue weighted by Crippen LogP contribution is 2.27. The van der Waals surface area contributed by atoms with E-state index in [-0.39, 0.29) is 18.3 Å². The van der Waals surface area contributed by atoms with E-state index in [2.05, 4.69) is 10.3 Å².